The molecule has 1 amide bonds. The van der Waals surface area contributed by atoms with Crippen molar-refractivity contribution < 1.29 is 27.8 Å². The first-order valence-corrected chi connectivity index (χ1v) is 8.01. The summed E-state index contributed by atoms with van der Waals surface area (Å²) in [6, 6.07) is 7.11. The van der Waals surface area contributed by atoms with Crippen LogP contribution in [0.25, 0.3) is 0 Å². The van der Waals surface area contributed by atoms with E-state index in [1.165, 1.54) is 0 Å². The zero-order valence-corrected chi connectivity index (χ0v) is 15.0. The summed E-state index contributed by atoms with van der Waals surface area (Å²) in [6.07, 6.45) is -2.18. The van der Waals surface area contributed by atoms with Crippen molar-refractivity contribution in [1.29, 1.82) is 0 Å². The van der Waals surface area contributed by atoms with Gasteiger partial charge in [0.25, 0.3) is 5.92 Å². The van der Waals surface area contributed by atoms with Gasteiger partial charge in [-0.3, -0.25) is 4.79 Å². The number of alkyl carbamates (subject to hydrolysis) is 1. The number of amides is 1. The lowest BCUT2D eigenvalue weighted by atomic mass is 9.97. The summed E-state index contributed by atoms with van der Waals surface area (Å²) in [6.45, 7) is 4.94. The van der Waals surface area contributed by atoms with Crippen molar-refractivity contribution in [2.75, 3.05) is 7.11 Å². The van der Waals surface area contributed by atoms with Crippen LogP contribution >= 0.6 is 0 Å². The van der Waals surface area contributed by atoms with E-state index in [1.54, 1.807) is 51.1 Å². The molecular formula is C18H25F2NO4. The maximum absolute atomic E-state index is 14.6. The molecule has 0 bridgehead atoms. The van der Waals surface area contributed by atoms with Gasteiger partial charge in [-0.25, -0.2) is 13.6 Å². The molecule has 1 aromatic carbocycles. The van der Waals surface area contributed by atoms with Gasteiger partial charge in [0.15, 0.2) is 0 Å². The van der Waals surface area contributed by atoms with Crippen LogP contribution in [0.15, 0.2) is 30.3 Å². The normalized spacial score (nSPS) is 13.0. The molecule has 1 rings (SSSR count). The quantitative estimate of drug-likeness (QED) is 0.756. The summed E-state index contributed by atoms with van der Waals surface area (Å²) in [5.74, 6) is -4.03. The third-order valence-electron chi connectivity index (χ3n) is 3.37. The number of nitrogens with one attached hydrogen (secondary N) is 1. The number of benzene rings is 1. The Morgan fingerprint density at radius 2 is 1.76 bits per heavy atom. The van der Waals surface area contributed by atoms with Crippen LogP contribution in [0, 0.1) is 0 Å². The number of methoxy groups -OCH3 is 1. The summed E-state index contributed by atoms with van der Waals surface area (Å²) in [5, 5.41) is 2.24. The van der Waals surface area contributed by atoms with E-state index in [0.29, 0.717) is 5.56 Å². The number of hydrogen-bond acceptors (Lipinski definition) is 4. The van der Waals surface area contributed by atoms with Gasteiger partial charge in [-0.1, -0.05) is 30.3 Å². The second-order valence-corrected chi connectivity index (χ2v) is 6.73. The molecule has 0 heterocycles. The van der Waals surface area contributed by atoms with Crippen LogP contribution in [0.2, 0.25) is 0 Å². The fraction of sp³-hybridized carbons (Fsp3) is 0.556. The van der Waals surface area contributed by atoms with E-state index >= 15 is 0 Å². The Balaban J connectivity index is 2.89. The Morgan fingerprint density at radius 3 is 2.28 bits per heavy atom. The molecule has 1 N–H and O–H groups in total. The smallest absolute Gasteiger partial charge is 0.408 e. The van der Waals surface area contributed by atoms with E-state index < -0.39 is 42.5 Å². The number of ether oxygens (including phenoxy) is 2. The minimum absolute atomic E-state index is 0.0890. The monoisotopic (exact) mass is 357 g/mol. The molecule has 140 valence electrons. The van der Waals surface area contributed by atoms with Crippen LogP contribution in [0.4, 0.5) is 13.6 Å². The number of halogens is 2. The van der Waals surface area contributed by atoms with Crippen molar-refractivity contribution in [2.45, 2.75) is 57.6 Å². The minimum Gasteiger partial charge on any atom is -0.469 e. The summed E-state index contributed by atoms with van der Waals surface area (Å²) in [5.41, 5.74) is -0.163. The van der Waals surface area contributed by atoms with E-state index in [-0.39, 0.29) is 6.42 Å². The van der Waals surface area contributed by atoms with E-state index in [4.69, 9.17) is 4.74 Å². The van der Waals surface area contributed by atoms with Crippen LogP contribution in [-0.4, -0.2) is 36.7 Å². The van der Waals surface area contributed by atoms with Crippen LogP contribution in [0.3, 0.4) is 0 Å². The van der Waals surface area contributed by atoms with E-state index in [9.17, 15) is 18.4 Å². The first-order chi connectivity index (χ1) is 11.5. The predicted molar refractivity (Wildman–Crippen MR) is 89.5 cm³/mol. The summed E-state index contributed by atoms with van der Waals surface area (Å²) >= 11 is 0. The molecule has 0 saturated heterocycles. The van der Waals surface area contributed by atoms with Gasteiger partial charge >= 0.3 is 12.1 Å². The SMILES string of the molecule is COC(=O)CCC(F)(F)C(Cc1ccccc1)NC(=O)OC(C)(C)C. The fourth-order valence-corrected chi connectivity index (χ4v) is 2.15. The molecule has 0 aromatic heterocycles. The van der Waals surface area contributed by atoms with E-state index in [2.05, 4.69) is 10.1 Å². The molecule has 1 atom stereocenters. The Hall–Kier alpha value is -2.18. The summed E-state index contributed by atoms with van der Waals surface area (Å²) < 4.78 is 38.7. The van der Waals surface area contributed by atoms with Crippen molar-refractivity contribution in [3.63, 3.8) is 0 Å². The maximum Gasteiger partial charge on any atom is 0.408 e. The Kier molecular flexibility index (Phi) is 7.33. The van der Waals surface area contributed by atoms with Gasteiger partial charge in [0.1, 0.15) is 5.60 Å². The highest BCUT2D eigenvalue weighted by atomic mass is 19.3. The van der Waals surface area contributed by atoms with Gasteiger partial charge in [0, 0.05) is 6.42 Å². The van der Waals surface area contributed by atoms with Crippen LogP contribution in [0.5, 0.6) is 0 Å². The van der Waals surface area contributed by atoms with Crippen molar-refractivity contribution in [1.82, 2.24) is 5.32 Å². The van der Waals surface area contributed by atoms with E-state index in [0.717, 1.165) is 7.11 Å². The van der Waals surface area contributed by atoms with Gasteiger partial charge in [-0.15, -0.1) is 0 Å². The molecule has 0 aliphatic carbocycles. The van der Waals surface area contributed by atoms with Crippen molar-refractivity contribution in [3.05, 3.63) is 35.9 Å². The zero-order chi connectivity index (χ0) is 19.1. The first-order valence-electron chi connectivity index (χ1n) is 8.01. The topological polar surface area (TPSA) is 64.6 Å². The van der Waals surface area contributed by atoms with Crippen molar-refractivity contribution >= 4 is 12.1 Å². The Labute approximate surface area is 146 Å². The van der Waals surface area contributed by atoms with Crippen molar-refractivity contribution in [3.8, 4) is 0 Å². The summed E-state index contributed by atoms with van der Waals surface area (Å²) in [4.78, 5) is 23.1. The minimum atomic E-state index is -3.30. The number of carbonyl (C=O) groups is 2. The highest BCUT2D eigenvalue weighted by molar-refractivity contribution is 5.69. The molecule has 0 fully saturated rings. The Morgan fingerprint density at radius 1 is 1.16 bits per heavy atom. The summed E-state index contributed by atoms with van der Waals surface area (Å²) in [7, 11) is 1.14. The molecule has 0 radical (unpaired) electrons. The highest BCUT2D eigenvalue weighted by Crippen LogP contribution is 2.28. The van der Waals surface area contributed by atoms with Crippen LogP contribution < -0.4 is 5.32 Å². The largest absolute Gasteiger partial charge is 0.469 e. The van der Waals surface area contributed by atoms with Gasteiger partial charge in [0.2, 0.25) is 0 Å². The average Bonchev–Trinajstić information content (AvgIpc) is 2.51. The third kappa shape index (κ3) is 7.96. The van der Waals surface area contributed by atoms with E-state index in [1.807, 2.05) is 0 Å². The number of esters is 1. The second-order valence-electron chi connectivity index (χ2n) is 6.73. The standard InChI is InChI=1S/C18H25F2NO4/c1-17(2,3)25-16(23)21-14(12-13-8-6-5-7-9-13)18(19,20)11-10-15(22)24-4/h5-9,14H,10-12H2,1-4H3,(H,21,23). The highest BCUT2D eigenvalue weighted by Gasteiger charge is 2.41. The molecule has 1 aromatic rings. The molecule has 25 heavy (non-hydrogen) atoms. The van der Waals surface area contributed by atoms with Crippen LogP contribution in [0.1, 0.15) is 39.2 Å². The Bertz CT molecular complexity index is 570. The average molecular weight is 357 g/mol. The number of carbonyl (C=O) groups excluding carboxylic acids is 2. The molecule has 0 aliphatic heterocycles. The van der Waals surface area contributed by atoms with Crippen molar-refractivity contribution in [2.24, 2.45) is 0 Å². The molecular weight excluding hydrogens is 332 g/mol. The number of hydrogen-bond donors (Lipinski definition) is 1. The molecule has 7 heteroatoms. The maximum atomic E-state index is 14.6. The molecule has 5 nitrogen and oxygen atoms in total. The van der Waals surface area contributed by atoms with Crippen LogP contribution in [-0.2, 0) is 20.7 Å². The molecule has 0 saturated carbocycles. The molecule has 0 aliphatic rings. The number of alkyl halides is 2. The fourth-order valence-electron chi connectivity index (χ4n) is 2.15. The lowest BCUT2D eigenvalue weighted by molar-refractivity contribution is -0.143. The zero-order valence-electron chi connectivity index (χ0n) is 15.0. The van der Waals surface area contributed by atoms with Gasteiger partial charge in [-0.2, -0.15) is 0 Å². The van der Waals surface area contributed by atoms with Gasteiger partial charge < -0.3 is 14.8 Å². The number of rotatable bonds is 7. The van der Waals surface area contributed by atoms with Gasteiger partial charge in [0.05, 0.1) is 19.6 Å². The second kappa shape index (κ2) is 8.78. The van der Waals surface area contributed by atoms with Gasteiger partial charge in [-0.05, 0) is 32.8 Å². The first kappa shape index (κ1) is 20.9. The lowest BCUT2D eigenvalue weighted by Crippen LogP contribution is -2.50. The lowest BCUT2D eigenvalue weighted by Gasteiger charge is -2.29. The molecule has 0 spiro atoms. The predicted octanol–water partition coefficient (Wildman–Crippen LogP) is 3.71. The molecule has 1 unspecified atom stereocenters. The third-order valence-corrected chi connectivity index (χ3v) is 3.37.